The summed E-state index contributed by atoms with van der Waals surface area (Å²) in [6.45, 7) is 5.03. The van der Waals surface area contributed by atoms with Gasteiger partial charge in [0.2, 0.25) is 5.91 Å². The second-order valence-corrected chi connectivity index (χ2v) is 6.23. The van der Waals surface area contributed by atoms with Crippen LogP contribution in [0.1, 0.15) is 22.3 Å². The van der Waals surface area contributed by atoms with Crippen molar-refractivity contribution < 1.29 is 9.59 Å². The molecule has 1 aliphatic heterocycles. The van der Waals surface area contributed by atoms with Crippen LogP contribution in [-0.4, -0.2) is 54.3 Å². The van der Waals surface area contributed by atoms with Gasteiger partial charge in [0.15, 0.2) is 0 Å². The van der Waals surface area contributed by atoms with Gasteiger partial charge in [0.1, 0.15) is 0 Å². The summed E-state index contributed by atoms with van der Waals surface area (Å²) in [6, 6.07) is 5.77. The summed E-state index contributed by atoms with van der Waals surface area (Å²) >= 11 is 3.44. The first-order valence-corrected chi connectivity index (χ1v) is 7.83. The maximum Gasteiger partial charge on any atom is 0.255 e. The number of amides is 2. The molecule has 0 aromatic heterocycles. The fraction of sp³-hybridized carbons (Fsp3) is 0.467. The number of carbonyl (C=O) groups is 2. The zero-order chi connectivity index (χ0) is 15.4. The molecule has 1 aromatic rings. The fourth-order valence-electron chi connectivity index (χ4n) is 2.53. The highest BCUT2D eigenvalue weighted by atomic mass is 79.9. The number of hydrogen-bond acceptors (Lipinski definition) is 3. The molecular weight excluding hydrogens is 334 g/mol. The summed E-state index contributed by atoms with van der Waals surface area (Å²) in [5, 5.41) is 0. The van der Waals surface area contributed by atoms with Crippen molar-refractivity contribution in [3.05, 3.63) is 33.8 Å². The second-order valence-electron chi connectivity index (χ2n) is 5.37. The van der Waals surface area contributed by atoms with Crippen molar-refractivity contribution in [2.24, 2.45) is 5.73 Å². The third-order valence-corrected chi connectivity index (χ3v) is 4.30. The van der Waals surface area contributed by atoms with Crippen LogP contribution in [0.3, 0.4) is 0 Å². The predicted octanol–water partition coefficient (Wildman–Crippen LogP) is 1.39. The molecule has 2 rings (SSSR count). The molecule has 5 nitrogen and oxygen atoms in total. The molecule has 2 N–H and O–H groups in total. The Bertz CT molecular complexity index is 548. The number of carbonyl (C=O) groups excluding carboxylic acids is 2. The van der Waals surface area contributed by atoms with Gasteiger partial charge in [0.05, 0.1) is 12.1 Å². The molecule has 1 aliphatic rings. The number of aryl methyl sites for hydroxylation is 1. The lowest BCUT2D eigenvalue weighted by Gasteiger charge is -2.22. The summed E-state index contributed by atoms with van der Waals surface area (Å²) in [5.41, 5.74) is 6.98. The van der Waals surface area contributed by atoms with E-state index >= 15 is 0 Å². The van der Waals surface area contributed by atoms with Gasteiger partial charge in [-0.25, -0.2) is 0 Å². The molecule has 21 heavy (non-hydrogen) atoms. The van der Waals surface area contributed by atoms with Crippen LogP contribution in [0, 0.1) is 6.92 Å². The van der Waals surface area contributed by atoms with E-state index in [1.165, 1.54) is 0 Å². The van der Waals surface area contributed by atoms with Gasteiger partial charge in [0, 0.05) is 30.7 Å². The summed E-state index contributed by atoms with van der Waals surface area (Å²) in [4.78, 5) is 27.5. The average molecular weight is 354 g/mol. The second kappa shape index (κ2) is 7.04. The van der Waals surface area contributed by atoms with Gasteiger partial charge in [-0.05, 0) is 41.4 Å². The van der Waals surface area contributed by atoms with Crippen LogP contribution in [0.5, 0.6) is 0 Å². The molecule has 0 unspecified atom stereocenters. The van der Waals surface area contributed by atoms with E-state index in [1.807, 2.05) is 34.9 Å². The minimum absolute atomic E-state index is 0.0338. The zero-order valence-corrected chi connectivity index (χ0v) is 13.7. The van der Waals surface area contributed by atoms with Gasteiger partial charge >= 0.3 is 0 Å². The summed E-state index contributed by atoms with van der Waals surface area (Å²) in [5.74, 6) is -0.289. The van der Waals surface area contributed by atoms with Crippen LogP contribution in [-0.2, 0) is 4.79 Å². The average Bonchev–Trinajstić information content (AvgIpc) is 2.66. The zero-order valence-electron chi connectivity index (χ0n) is 12.1. The molecular formula is C15H20BrN3O2. The summed E-state index contributed by atoms with van der Waals surface area (Å²) in [6.07, 6.45) is 0.850. The molecule has 0 saturated carbocycles. The first-order valence-electron chi connectivity index (χ1n) is 7.03. The van der Waals surface area contributed by atoms with Crippen molar-refractivity contribution in [2.45, 2.75) is 13.3 Å². The van der Waals surface area contributed by atoms with Gasteiger partial charge in [0.25, 0.3) is 5.91 Å². The van der Waals surface area contributed by atoms with Crippen LogP contribution >= 0.6 is 15.9 Å². The van der Waals surface area contributed by atoms with E-state index in [9.17, 15) is 9.59 Å². The number of nitrogens with two attached hydrogens (primary N) is 1. The maximum atomic E-state index is 12.6. The van der Waals surface area contributed by atoms with Gasteiger partial charge in [-0.1, -0.05) is 11.6 Å². The molecule has 0 bridgehead atoms. The molecule has 1 aromatic carbocycles. The highest BCUT2D eigenvalue weighted by molar-refractivity contribution is 9.10. The number of benzene rings is 1. The SMILES string of the molecule is Cc1ccc(Br)c(C(=O)N2CCCN(CC(N)=O)CC2)c1. The quantitative estimate of drug-likeness (QED) is 0.892. The lowest BCUT2D eigenvalue weighted by atomic mass is 10.1. The van der Waals surface area contributed by atoms with Gasteiger partial charge in [-0.2, -0.15) is 0 Å². The van der Waals surface area contributed by atoms with Crippen LogP contribution in [0.15, 0.2) is 22.7 Å². The van der Waals surface area contributed by atoms with Gasteiger partial charge in [-0.15, -0.1) is 0 Å². The Balaban J connectivity index is 2.06. The number of halogens is 1. The van der Waals surface area contributed by atoms with Crippen molar-refractivity contribution in [2.75, 3.05) is 32.7 Å². The number of rotatable bonds is 3. The highest BCUT2D eigenvalue weighted by Gasteiger charge is 2.22. The number of primary amides is 1. The Morgan fingerprint density at radius 1 is 1.24 bits per heavy atom. The minimum Gasteiger partial charge on any atom is -0.369 e. The Hall–Kier alpha value is -1.40. The van der Waals surface area contributed by atoms with E-state index in [4.69, 9.17) is 5.73 Å². The van der Waals surface area contributed by atoms with Crippen molar-refractivity contribution in [1.82, 2.24) is 9.80 Å². The van der Waals surface area contributed by atoms with Gasteiger partial charge < -0.3 is 10.6 Å². The lowest BCUT2D eigenvalue weighted by Crippen LogP contribution is -2.38. The van der Waals surface area contributed by atoms with Crippen molar-refractivity contribution in [1.29, 1.82) is 0 Å². The van der Waals surface area contributed by atoms with Crippen LogP contribution in [0.4, 0.5) is 0 Å². The molecule has 0 atom stereocenters. The Morgan fingerprint density at radius 3 is 2.71 bits per heavy atom. The summed E-state index contributed by atoms with van der Waals surface area (Å²) < 4.78 is 0.816. The number of hydrogen-bond donors (Lipinski definition) is 1. The third-order valence-electron chi connectivity index (χ3n) is 3.61. The normalized spacial score (nSPS) is 16.6. The first-order chi connectivity index (χ1) is 9.97. The molecule has 114 valence electrons. The van der Waals surface area contributed by atoms with E-state index < -0.39 is 0 Å². The van der Waals surface area contributed by atoms with Crippen LogP contribution in [0.2, 0.25) is 0 Å². The largest absolute Gasteiger partial charge is 0.369 e. The fourth-order valence-corrected chi connectivity index (χ4v) is 2.94. The topological polar surface area (TPSA) is 66.6 Å². The van der Waals surface area contributed by atoms with E-state index in [0.717, 1.165) is 23.0 Å². The summed E-state index contributed by atoms with van der Waals surface area (Å²) in [7, 11) is 0. The van der Waals surface area contributed by atoms with E-state index in [1.54, 1.807) is 0 Å². The molecule has 0 radical (unpaired) electrons. The van der Waals surface area contributed by atoms with Crippen LogP contribution < -0.4 is 5.73 Å². The van der Waals surface area contributed by atoms with Gasteiger partial charge in [-0.3, -0.25) is 14.5 Å². The monoisotopic (exact) mass is 353 g/mol. The Labute approximate surface area is 133 Å². The Morgan fingerprint density at radius 2 is 2.00 bits per heavy atom. The smallest absolute Gasteiger partial charge is 0.255 e. The molecule has 1 saturated heterocycles. The van der Waals surface area contributed by atoms with E-state index in [-0.39, 0.29) is 18.4 Å². The lowest BCUT2D eigenvalue weighted by molar-refractivity contribution is -0.119. The van der Waals surface area contributed by atoms with Crippen molar-refractivity contribution >= 4 is 27.7 Å². The Kier molecular flexibility index (Phi) is 5.36. The standard InChI is InChI=1S/C15H20BrN3O2/c1-11-3-4-13(16)12(9-11)15(21)19-6-2-5-18(7-8-19)10-14(17)20/h3-4,9H,2,5-8,10H2,1H3,(H2,17,20). The molecule has 0 aliphatic carbocycles. The highest BCUT2D eigenvalue weighted by Crippen LogP contribution is 2.20. The predicted molar refractivity (Wildman–Crippen MR) is 85.0 cm³/mol. The molecule has 0 spiro atoms. The molecule has 2 amide bonds. The molecule has 1 heterocycles. The van der Waals surface area contributed by atoms with Crippen molar-refractivity contribution in [3.8, 4) is 0 Å². The number of nitrogens with zero attached hydrogens (tertiary/aromatic N) is 2. The van der Waals surface area contributed by atoms with E-state index in [0.29, 0.717) is 25.2 Å². The van der Waals surface area contributed by atoms with Crippen LogP contribution in [0.25, 0.3) is 0 Å². The minimum atomic E-state index is -0.323. The maximum absolute atomic E-state index is 12.6. The third kappa shape index (κ3) is 4.28. The molecule has 6 heteroatoms. The first kappa shape index (κ1) is 16.0. The van der Waals surface area contributed by atoms with Crippen molar-refractivity contribution in [3.63, 3.8) is 0 Å². The molecule has 1 fully saturated rings. The van der Waals surface area contributed by atoms with E-state index in [2.05, 4.69) is 15.9 Å².